The van der Waals surface area contributed by atoms with E-state index in [1.54, 1.807) is 6.08 Å². The SMILES string of the molecule is CC/C=C\C/C=C\CC(O)/C=C/C=C\C/C=C\CCCC(=O)O[C@H](COC(=O)CCCCCCCCCCCCCCCCCC(C)C)COP(=O)(O)O. The van der Waals surface area contributed by atoms with Crippen LogP contribution in [0.15, 0.2) is 60.8 Å². The van der Waals surface area contributed by atoms with E-state index in [-0.39, 0.29) is 19.4 Å². The average molecular weight is 781 g/mol. The van der Waals surface area contributed by atoms with E-state index in [1.165, 1.54) is 77.0 Å². The van der Waals surface area contributed by atoms with Crippen molar-refractivity contribution in [1.82, 2.24) is 0 Å². The van der Waals surface area contributed by atoms with Crippen LogP contribution in [-0.2, 0) is 28.2 Å². The molecule has 0 aromatic carbocycles. The normalized spacial score (nSPS) is 13.8. The van der Waals surface area contributed by atoms with Crippen LogP contribution in [0, 0.1) is 5.92 Å². The van der Waals surface area contributed by atoms with E-state index in [4.69, 9.17) is 19.3 Å². The molecule has 0 aliphatic heterocycles. The van der Waals surface area contributed by atoms with Crippen molar-refractivity contribution in [2.24, 2.45) is 5.92 Å². The van der Waals surface area contributed by atoms with Crippen LogP contribution < -0.4 is 0 Å². The molecule has 3 N–H and O–H groups in total. The average Bonchev–Trinajstić information content (AvgIpc) is 3.12. The van der Waals surface area contributed by atoms with Crippen LogP contribution >= 0.6 is 7.82 Å². The molecule has 312 valence electrons. The summed E-state index contributed by atoms with van der Waals surface area (Å²) in [5.74, 6) is -0.161. The lowest BCUT2D eigenvalue weighted by Crippen LogP contribution is -2.29. The Labute approximate surface area is 329 Å². The van der Waals surface area contributed by atoms with Gasteiger partial charge in [-0.1, -0.05) is 178 Å². The number of rotatable bonds is 37. The lowest BCUT2D eigenvalue weighted by Gasteiger charge is -2.18. The van der Waals surface area contributed by atoms with E-state index in [1.807, 2.05) is 42.5 Å². The third kappa shape index (κ3) is 40.9. The molecule has 0 aliphatic rings. The van der Waals surface area contributed by atoms with Crippen molar-refractivity contribution < 1.29 is 43.0 Å². The van der Waals surface area contributed by atoms with Crippen LogP contribution in [-0.4, -0.2) is 52.3 Å². The minimum atomic E-state index is -4.79. The number of esters is 2. The first kappa shape index (κ1) is 51.7. The number of hydrogen-bond acceptors (Lipinski definition) is 7. The first-order chi connectivity index (χ1) is 26.0. The van der Waals surface area contributed by atoms with Crippen LogP contribution in [0.25, 0.3) is 0 Å². The molecule has 0 rings (SSSR count). The van der Waals surface area contributed by atoms with Crippen LogP contribution in [0.5, 0.6) is 0 Å². The van der Waals surface area contributed by atoms with E-state index in [0.717, 1.165) is 38.0 Å². The Balaban J connectivity index is 4.06. The third-order valence-corrected chi connectivity index (χ3v) is 9.29. The molecule has 1 unspecified atom stereocenters. The molecule has 0 spiro atoms. The summed E-state index contributed by atoms with van der Waals surface area (Å²) < 4.78 is 26.3. The molecular weight excluding hydrogens is 703 g/mol. The van der Waals surface area contributed by atoms with Crippen molar-refractivity contribution >= 4 is 19.8 Å². The van der Waals surface area contributed by atoms with Gasteiger partial charge in [0.25, 0.3) is 0 Å². The Bertz CT molecular complexity index is 1090. The van der Waals surface area contributed by atoms with E-state index in [2.05, 4.69) is 37.4 Å². The molecule has 0 radical (unpaired) electrons. The predicted octanol–water partition coefficient (Wildman–Crippen LogP) is 11.7. The standard InChI is InChI=1S/C44H77O9P/c1-4-5-6-7-24-29-34-41(45)35-30-25-20-17-18-22-27-32-37-44(47)53-42(39-52-54(48,49)50)38-51-43(46)36-31-26-21-16-14-12-10-8-9-11-13-15-19-23-28-33-40(2)3/h5-6,18,20,22,24-25,29-30,35,40-42,45H,4,7-17,19,21,23,26-28,31-34,36-39H2,1-3H3,(H2,48,49,50)/b6-5-,22-18-,25-20-,29-24-,35-30+/t41?,42-/m1/s1. The van der Waals surface area contributed by atoms with Crippen LogP contribution in [0.3, 0.4) is 0 Å². The number of carbonyl (C=O) groups excluding carboxylic acids is 2. The number of unbranched alkanes of at least 4 members (excludes halogenated alkanes) is 15. The number of ether oxygens (including phenoxy) is 2. The Morgan fingerprint density at radius 3 is 1.76 bits per heavy atom. The van der Waals surface area contributed by atoms with Crippen molar-refractivity contribution in [3.05, 3.63) is 60.8 Å². The van der Waals surface area contributed by atoms with Gasteiger partial charge in [-0.2, -0.15) is 0 Å². The first-order valence-corrected chi connectivity index (χ1v) is 22.6. The quantitative estimate of drug-likeness (QED) is 0.0185. The van der Waals surface area contributed by atoms with Crippen molar-refractivity contribution in [1.29, 1.82) is 0 Å². The highest BCUT2D eigenvalue weighted by atomic mass is 31.2. The van der Waals surface area contributed by atoms with Crippen LogP contribution in [0.4, 0.5) is 0 Å². The molecule has 54 heavy (non-hydrogen) atoms. The summed E-state index contributed by atoms with van der Waals surface area (Å²) in [7, 11) is -4.79. The van der Waals surface area contributed by atoms with E-state index < -0.39 is 38.6 Å². The van der Waals surface area contributed by atoms with Gasteiger partial charge >= 0.3 is 19.8 Å². The number of phosphoric acid groups is 1. The topological polar surface area (TPSA) is 140 Å². The van der Waals surface area contributed by atoms with Gasteiger partial charge < -0.3 is 24.4 Å². The van der Waals surface area contributed by atoms with Crippen molar-refractivity contribution in [3.63, 3.8) is 0 Å². The largest absolute Gasteiger partial charge is 0.469 e. The fourth-order valence-electron chi connectivity index (χ4n) is 5.68. The second-order valence-electron chi connectivity index (χ2n) is 14.6. The Morgan fingerprint density at radius 1 is 0.630 bits per heavy atom. The Morgan fingerprint density at radius 2 is 1.17 bits per heavy atom. The summed E-state index contributed by atoms with van der Waals surface area (Å²) in [6.07, 6.45) is 42.7. The van der Waals surface area contributed by atoms with E-state index >= 15 is 0 Å². The minimum absolute atomic E-state index is 0.100. The molecule has 9 nitrogen and oxygen atoms in total. The van der Waals surface area contributed by atoms with Gasteiger partial charge in [-0.25, -0.2) is 4.57 Å². The number of aliphatic hydroxyl groups excluding tert-OH is 1. The summed E-state index contributed by atoms with van der Waals surface area (Å²) in [5, 5.41) is 9.98. The number of carbonyl (C=O) groups is 2. The fraction of sp³-hybridized carbons (Fsp3) is 0.727. The van der Waals surface area contributed by atoms with Gasteiger partial charge in [0.1, 0.15) is 6.61 Å². The molecule has 0 fully saturated rings. The maximum Gasteiger partial charge on any atom is 0.469 e. The second kappa shape index (κ2) is 37.6. The maximum absolute atomic E-state index is 12.4. The van der Waals surface area contributed by atoms with Gasteiger partial charge in [-0.3, -0.25) is 14.1 Å². The highest BCUT2D eigenvalue weighted by Crippen LogP contribution is 2.36. The molecule has 0 heterocycles. The number of aliphatic hydroxyl groups is 1. The summed E-state index contributed by atoms with van der Waals surface area (Å²) in [4.78, 5) is 42.8. The second-order valence-corrected chi connectivity index (χ2v) is 15.9. The van der Waals surface area contributed by atoms with E-state index in [0.29, 0.717) is 32.1 Å². The summed E-state index contributed by atoms with van der Waals surface area (Å²) in [5.41, 5.74) is 0. The van der Waals surface area contributed by atoms with E-state index in [9.17, 15) is 19.3 Å². The fourth-order valence-corrected chi connectivity index (χ4v) is 6.04. The van der Waals surface area contributed by atoms with Gasteiger partial charge in [-0.15, -0.1) is 0 Å². The summed E-state index contributed by atoms with van der Waals surface area (Å²) in [6.45, 7) is 5.80. The number of allylic oxidation sites excluding steroid dienone is 8. The van der Waals surface area contributed by atoms with Crippen molar-refractivity contribution in [2.75, 3.05) is 13.2 Å². The molecule has 0 aliphatic carbocycles. The van der Waals surface area contributed by atoms with Gasteiger partial charge in [0.2, 0.25) is 0 Å². The molecule has 0 amide bonds. The lowest BCUT2D eigenvalue weighted by atomic mass is 10.0. The van der Waals surface area contributed by atoms with Gasteiger partial charge in [0.15, 0.2) is 6.10 Å². The highest BCUT2D eigenvalue weighted by Gasteiger charge is 2.22. The van der Waals surface area contributed by atoms with Crippen LogP contribution in [0.1, 0.15) is 175 Å². The van der Waals surface area contributed by atoms with Gasteiger partial charge in [-0.05, 0) is 50.9 Å². The number of hydrogen-bond donors (Lipinski definition) is 3. The predicted molar refractivity (Wildman–Crippen MR) is 222 cm³/mol. The molecule has 0 saturated heterocycles. The zero-order chi connectivity index (χ0) is 40.0. The van der Waals surface area contributed by atoms with Crippen molar-refractivity contribution in [3.8, 4) is 0 Å². The molecule has 2 atom stereocenters. The third-order valence-electron chi connectivity index (χ3n) is 8.81. The van der Waals surface area contributed by atoms with Crippen LogP contribution in [0.2, 0.25) is 0 Å². The zero-order valence-electron chi connectivity index (χ0n) is 34.1. The van der Waals surface area contributed by atoms with Crippen molar-refractivity contribution in [2.45, 2.75) is 187 Å². The molecule has 0 aromatic rings. The lowest BCUT2D eigenvalue weighted by molar-refractivity contribution is -0.161. The molecule has 10 heteroatoms. The summed E-state index contributed by atoms with van der Waals surface area (Å²) >= 11 is 0. The first-order valence-electron chi connectivity index (χ1n) is 21.0. The number of phosphoric ester groups is 1. The minimum Gasteiger partial charge on any atom is -0.462 e. The Hall–Kier alpha value is -2.29. The Kier molecular flexibility index (Phi) is 36.0. The van der Waals surface area contributed by atoms with Gasteiger partial charge in [0.05, 0.1) is 12.7 Å². The zero-order valence-corrected chi connectivity index (χ0v) is 35.0. The highest BCUT2D eigenvalue weighted by molar-refractivity contribution is 7.46. The molecule has 0 aromatic heterocycles. The molecular formula is C44H77O9P. The smallest absolute Gasteiger partial charge is 0.462 e. The summed E-state index contributed by atoms with van der Waals surface area (Å²) in [6, 6.07) is 0. The maximum atomic E-state index is 12.4. The molecule has 0 bridgehead atoms. The molecule has 0 saturated carbocycles. The van der Waals surface area contributed by atoms with Gasteiger partial charge in [0, 0.05) is 12.8 Å². The monoisotopic (exact) mass is 781 g/mol.